The minimum absolute atomic E-state index is 0.0670. The number of hydrogen-bond acceptors (Lipinski definition) is 6. The van der Waals surface area contributed by atoms with Gasteiger partial charge in [-0.05, 0) is 37.6 Å². The third kappa shape index (κ3) is 8.06. The van der Waals surface area contributed by atoms with Gasteiger partial charge in [-0.2, -0.15) is 4.99 Å². The molecule has 0 saturated heterocycles. The highest BCUT2D eigenvalue weighted by Crippen LogP contribution is 2.24. The number of carbonyl (C=O) groups excluding carboxylic acids is 3. The first-order chi connectivity index (χ1) is 16.7. The van der Waals surface area contributed by atoms with Gasteiger partial charge >= 0.3 is 5.97 Å². The van der Waals surface area contributed by atoms with E-state index in [1.807, 2.05) is 34.6 Å². The van der Waals surface area contributed by atoms with Crippen LogP contribution < -0.4 is 10.1 Å². The quantitative estimate of drug-likeness (QED) is 0.490. The number of ether oxygens (including phenoxy) is 1. The van der Waals surface area contributed by atoms with Crippen LogP contribution in [0.1, 0.15) is 57.8 Å². The summed E-state index contributed by atoms with van der Waals surface area (Å²) in [5.74, 6) is -3.90. The topological polar surface area (TPSA) is 93.0 Å². The first-order valence-electron chi connectivity index (χ1n) is 11.6. The van der Waals surface area contributed by atoms with Gasteiger partial charge in [0.2, 0.25) is 5.91 Å². The highest BCUT2D eigenvalue weighted by molar-refractivity contribution is 7.07. The second kappa shape index (κ2) is 12.4. The molecule has 0 bridgehead atoms. The zero-order chi connectivity index (χ0) is 27.2. The second-order valence-corrected chi connectivity index (χ2v) is 10.9. The van der Waals surface area contributed by atoms with Crippen LogP contribution in [-0.2, 0) is 21.1 Å². The molecule has 0 aliphatic carbocycles. The van der Waals surface area contributed by atoms with Gasteiger partial charge < -0.3 is 10.1 Å². The van der Waals surface area contributed by atoms with Gasteiger partial charge in [0.25, 0.3) is 5.91 Å². The van der Waals surface area contributed by atoms with Crippen molar-refractivity contribution in [2.45, 2.75) is 60.2 Å². The number of esters is 1. The summed E-state index contributed by atoms with van der Waals surface area (Å²) in [4.78, 5) is 43.3. The maximum Gasteiger partial charge on any atom is 0.325 e. The molecule has 2 amide bonds. The van der Waals surface area contributed by atoms with E-state index in [-0.39, 0.29) is 34.8 Å². The van der Waals surface area contributed by atoms with Gasteiger partial charge in [0, 0.05) is 23.6 Å². The zero-order valence-electron chi connectivity index (χ0n) is 21.7. The lowest BCUT2D eigenvalue weighted by atomic mass is 9.92. The van der Waals surface area contributed by atoms with Crippen LogP contribution in [0.25, 0.3) is 0 Å². The number of thiazole rings is 1. The summed E-state index contributed by atoms with van der Waals surface area (Å²) in [6.07, 6.45) is 2.45. The highest BCUT2D eigenvalue weighted by atomic mass is 32.1. The SMILES string of the molecule is CCC(C)C(C(=O)OCn1ccs/c1=N\C(=O)c1cc(F)c(NC(=O)CC(C)(C)C)c(F)c1)N(C)C. The monoisotopic (exact) mass is 524 g/mol. The van der Waals surface area contributed by atoms with Crippen molar-refractivity contribution < 1.29 is 27.9 Å². The number of rotatable bonds is 9. The largest absolute Gasteiger partial charge is 0.443 e. The van der Waals surface area contributed by atoms with Crippen LogP contribution in [-0.4, -0.2) is 47.4 Å². The molecule has 0 saturated carbocycles. The number of likely N-dealkylation sites (N-methyl/N-ethyl adjacent to an activating group) is 1. The van der Waals surface area contributed by atoms with E-state index >= 15 is 0 Å². The Bertz CT molecular complexity index is 1140. The summed E-state index contributed by atoms with van der Waals surface area (Å²) in [5, 5.41) is 3.87. The first-order valence-corrected chi connectivity index (χ1v) is 12.5. The summed E-state index contributed by atoms with van der Waals surface area (Å²) in [6.45, 7) is 9.26. The average molecular weight is 525 g/mol. The maximum atomic E-state index is 14.6. The standard InChI is InChI=1S/C25H34F2N4O4S/c1-8-15(2)21(30(6)7)23(34)35-14-31-9-10-36-24(31)29-22(33)16-11-17(26)20(18(27)12-16)28-19(32)13-25(3,4)5/h9-12,15,21H,8,13-14H2,1-7H3,(H,28,32)/b29-24-. The number of carbonyl (C=O) groups is 3. The van der Waals surface area contributed by atoms with Crippen molar-refractivity contribution in [3.05, 3.63) is 45.7 Å². The summed E-state index contributed by atoms with van der Waals surface area (Å²) in [7, 11) is 3.60. The Morgan fingerprint density at radius 1 is 1.19 bits per heavy atom. The predicted octanol–water partition coefficient (Wildman–Crippen LogP) is 4.42. The Morgan fingerprint density at radius 2 is 1.81 bits per heavy atom. The molecule has 11 heteroatoms. The van der Waals surface area contributed by atoms with Crippen molar-refractivity contribution in [3.63, 3.8) is 0 Å². The molecule has 1 heterocycles. The average Bonchev–Trinajstić information content (AvgIpc) is 3.19. The van der Waals surface area contributed by atoms with Crippen LogP contribution in [0, 0.1) is 23.0 Å². The molecule has 0 radical (unpaired) electrons. The lowest BCUT2D eigenvalue weighted by molar-refractivity contribution is -0.155. The number of amides is 2. The fourth-order valence-corrected chi connectivity index (χ4v) is 4.23. The van der Waals surface area contributed by atoms with Gasteiger partial charge in [-0.15, -0.1) is 11.3 Å². The van der Waals surface area contributed by atoms with Gasteiger partial charge in [-0.1, -0.05) is 41.0 Å². The summed E-state index contributed by atoms with van der Waals surface area (Å²) in [5.41, 5.74) is -1.30. The number of halogens is 2. The van der Waals surface area contributed by atoms with Gasteiger partial charge in [0.1, 0.15) is 11.7 Å². The van der Waals surface area contributed by atoms with E-state index < -0.39 is 41.1 Å². The second-order valence-electron chi connectivity index (χ2n) is 10.1. The van der Waals surface area contributed by atoms with Crippen LogP contribution in [0.15, 0.2) is 28.7 Å². The van der Waals surface area contributed by atoms with E-state index in [0.717, 1.165) is 29.9 Å². The van der Waals surface area contributed by atoms with Crippen molar-refractivity contribution in [1.82, 2.24) is 9.47 Å². The molecule has 0 fully saturated rings. The molecule has 198 valence electrons. The third-order valence-corrected chi connectivity index (χ3v) is 6.22. The number of anilines is 1. The highest BCUT2D eigenvalue weighted by Gasteiger charge is 2.27. The molecule has 36 heavy (non-hydrogen) atoms. The van der Waals surface area contributed by atoms with Crippen molar-refractivity contribution in [2.75, 3.05) is 19.4 Å². The number of benzene rings is 1. The Labute approximate surface area is 214 Å². The lowest BCUT2D eigenvalue weighted by Crippen LogP contribution is -2.42. The lowest BCUT2D eigenvalue weighted by Gasteiger charge is -2.27. The summed E-state index contributed by atoms with van der Waals surface area (Å²) >= 11 is 1.10. The van der Waals surface area contributed by atoms with E-state index in [1.54, 1.807) is 30.6 Å². The Morgan fingerprint density at radius 3 is 2.33 bits per heavy atom. The van der Waals surface area contributed by atoms with Gasteiger partial charge in [-0.3, -0.25) is 23.9 Å². The molecular weight excluding hydrogens is 490 g/mol. The van der Waals surface area contributed by atoms with E-state index in [4.69, 9.17) is 4.74 Å². The van der Waals surface area contributed by atoms with Gasteiger partial charge in [0.15, 0.2) is 23.2 Å². The molecule has 8 nitrogen and oxygen atoms in total. The fourth-order valence-electron chi connectivity index (χ4n) is 3.51. The Balaban J connectivity index is 2.19. The normalized spacial score (nSPS) is 14.0. The molecular formula is C25H34F2N4O4S. The number of nitrogens with zero attached hydrogens (tertiary/aromatic N) is 3. The Hall–Kier alpha value is -2.92. The molecule has 1 aromatic heterocycles. The van der Waals surface area contributed by atoms with E-state index in [0.29, 0.717) is 0 Å². The van der Waals surface area contributed by atoms with Crippen molar-refractivity contribution in [1.29, 1.82) is 0 Å². The number of aromatic nitrogens is 1. The van der Waals surface area contributed by atoms with Crippen molar-refractivity contribution >= 4 is 34.8 Å². The minimum Gasteiger partial charge on any atom is -0.443 e. The van der Waals surface area contributed by atoms with Crippen LogP contribution in [0.2, 0.25) is 0 Å². The third-order valence-electron chi connectivity index (χ3n) is 5.43. The zero-order valence-corrected chi connectivity index (χ0v) is 22.5. The van der Waals surface area contributed by atoms with Crippen LogP contribution >= 0.6 is 11.3 Å². The molecule has 0 spiro atoms. The molecule has 0 aliphatic heterocycles. The van der Waals surface area contributed by atoms with Crippen molar-refractivity contribution in [2.24, 2.45) is 16.3 Å². The first kappa shape index (κ1) is 29.3. The number of hydrogen-bond donors (Lipinski definition) is 1. The minimum atomic E-state index is -1.08. The Kier molecular flexibility index (Phi) is 10.1. The molecule has 1 N–H and O–H groups in total. The molecule has 2 rings (SSSR count). The molecule has 0 aliphatic rings. The molecule has 1 aromatic carbocycles. The fraction of sp³-hybridized carbons (Fsp3) is 0.520. The van der Waals surface area contributed by atoms with E-state index in [2.05, 4.69) is 10.3 Å². The van der Waals surface area contributed by atoms with E-state index in [9.17, 15) is 23.2 Å². The summed E-state index contributed by atoms with van der Waals surface area (Å²) in [6, 6.07) is 1.23. The van der Waals surface area contributed by atoms with Crippen LogP contribution in [0.3, 0.4) is 0 Å². The molecule has 2 unspecified atom stereocenters. The predicted molar refractivity (Wildman–Crippen MR) is 134 cm³/mol. The maximum absolute atomic E-state index is 14.6. The summed E-state index contributed by atoms with van der Waals surface area (Å²) < 4.78 is 36.0. The van der Waals surface area contributed by atoms with Crippen molar-refractivity contribution in [3.8, 4) is 0 Å². The molecule has 2 atom stereocenters. The van der Waals surface area contributed by atoms with Gasteiger partial charge in [0.05, 0.1) is 0 Å². The number of nitrogens with one attached hydrogen (secondary N) is 1. The van der Waals surface area contributed by atoms with Gasteiger partial charge in [-0.25, -0.2) is 8.78 Å². The van der Waals surface area contributed by atoms with Crippen LogP contribution in [0.5, 0.6) is 0 Å². The smallest absolute Gasteiger partial charge is 0.325 e. The van der Waals surface area contributed by atoms with E-state index in [1.165, 1.54) is 4.57 Å². The van der Waals surface area contributed by atoms with Crippen LogP contribution in [0.4, 0.5) is 14.5 Å². The molecule has 2 aromatic rings.